The van der Waals surface area contributed by atoms with Gasteiger partial charge in [-0.05, 0) is 60.0 Å². The lowest BCUT2D eigenvalue weighted by atomic mass is 10.0. The van der Waals surface area contributed by atoms with Gasteiger partial charge < -0.3 is 11.1 Å². The van der Waals surface area contributed by atoms with Crippen LogP contribution in [-0.4, -0.2) is 18.5 Å². The first-order valence-electron chi connectivity index (χ1n) is 6.08. The zero-order valence-electron chi connectivity index (χ0n) is 9.96. The Morgan fingerprint density at radius 1 is 1.50 bits per heavy atom. The van der Waals surface area contributed by atoms with Crippen LogP contribution in [0.4, 0.5) is 4.39 Å². The Morgan fingerprint density at radius 2 is 2.28 bits per heavy atom. The van der Waals surface area contributed by atoms with Gasteiger partial charge in [0, 0.05) is 9.61 Å². The monoisotopic (exact) mass is 362 g/mol. The van der Waals surface area contributed by atoms with Crippen molar-refractivity contribution in [3.63, 3.8) is 0 Å². The van der Waals surface area contributed by atoms with Gasteiger partial charge in [0.05, 0.1) is 5.56 Å². The second kappa shape index (κ2) is 5.97. The van der Waals surface area contributed by atoms with E-state index in [9.17, 15) is 9.18 Å². The van der Waals surface area contributed by atoms with E-state index >= 15 is 0 Å². The lowest BCUT2D eigenvalue weighted by Crippen LogP contribution is -2.40. The number of amides is 1. The van der Waals surface area contributed by atoms with Crippen molar-refractivity contribution < 1.29 is 9.18 Å². The van der Waals surface area contributed by atoms with Crippen LogP contribution >= 0.6 is 22.6 Å². The van der Waals surface area contributed by atoms with Crippen molar-refractivity contribution >= 4 is 28.5 Å². The van der Waals surface area contributed by atoms with Gasteiger partial charge in [0.2, 0.25) is 0 Å². The molecule has 0 heterocycles. The van der Waals surface area contributed by atoms with E-state index in [4.69, 9.17) is 5.73 Å². The first-order chi connectivity index (χ1) is 8.63. The quantitative estimate of drug-likeness (QED) is 0.811. The second-order valence-electron chi connectivity index (χ2n) is 4.60. The molecule has 1 aliphatic rings. The van der Waals surface area contributed by atoms with Crippen LogP contribution in [0.15, 0.2) is 18.2 Å². The molecule has 5 heteroatoms. The molecule has 0 radical (unpaired) electrons. The minimum Gasteiger partial charge on any atom is -0.349 e. The van der Waals surface area contributed by atoms with Gasteiger partial charge in [-0.25, -0.2) is 4.39 Å². The third-order valence-electron chi connectivity index (χ3n) is 3.47. The Morgan fingerprint density at radius 3 is 2.94 bits per heavy atom. The molecular formula is C13H16FIN2O. The highest BCUT2D eigenvalue weighted by Crippen LogP contribution is 2.25. The highest BCUT2D eigenvalue weighted by atomic mass is 127. The number of carbonyl (C=O) groups is 1. The normalized spacial score (nSPS) is 23.1. The largest absolute Gasteiger partial charge is 0.349 e. The first-order valence-corrected chi connectivity index (χ1v) is 7.16. The summed E-state index contributed by atoms with van der Waals surface area (Å²) in [5.41, 5.74) is 5.81. The average Bonchev–Trinajstić information content (AvgIpc) is 2.76. The maximum Gasteiger partial charge on any atom is 0.255 e. The second-order valence-corrected chi connectivity index (χ2v) is 5.77. The Kier molecular flexibility index (Phi) is 4.55. The molecule has 1 fully saturated rings. The topological polar surface area (TPSA) is 55.1 Å². The summed E-state index contributed by atoms with van der Waals surface area (Å²) in [4.78, 5) is 12.1. The van der Waals surface area contributed by atoms with E-state index < -0.39 is 5.82 Å². The van der Waals surface area contributed by atoms with Gasteiger partial charge in [0.1, 0.15) is 5.82 Å². The van der Waals surface area contributed by atoms with Gasteiger partial charge >= 0.3 is 0 Å². The van der Waals surface area contributed by atoms with E-state index in [1.54, 1.807) is 12.1 Å². The molecule has 1 amide bonds. The Hall–Kier alpha value is -0.690. The minimum absolute atomic E-state index is 0.0814. The number of hydrogen-bond donors (Lipinski definition) is 2. The summed E-state index contributed by atoms with van der Waals surface area (Å²) in [5, 5.41) is 2.91. The van der Waals surface area contributed by atoms with Gasteiger partial charge in [0.15, 0.2) is 0 Å². The maximum absolute atomic E-state index is 13.7. The van der Waals surface area contributed by atoms with Crippen LogP contribution in [0, 0.1) is 15.3 Å². The zero-order chi connectivity index (χ0) is 13.1. The number of carbonyl (C=O) groups excluding carboxylic acids is 1. The molecule has 1 aromatic carbocycles. The molecule has 1 aliphatic carbocycles. The van der Waals surface area contributed by atoms with Crippen molar-refractivity contribution in [1.29, 1.82) is 0 Å². The third-order valence-corrected chi connectivity index (χ3v) is 4.37. The predicted molar refractivity (Wildman–Crippen MR) is 76.8 cm³/mol. The molecule has 2 atom stereocenters. The number of hydrogen-bond acceptors (Lipinski definition) is 2. The van der Waals surface area contributed by atoms with E-state index in [2.05, 4.69) is 5.32 Å². The van der Waals surface area contributed by atoms with Crippen LogP contribution in [0.5, 0.6) is 0 Å². The number of nitrogens with one attached hydrogen (secondary N) is 1. The fourth-order valence-corrected chi connectivity index (χ4v) is 3.17. The van der Waals surface area contributed by atoms with Gasteiger partial charge in [0.25, 0.3) is 5.91 Å². The van der Waals surface area contributed by atoms with Crippen molar-refractivity contribution in [2.24, 2.45) is 11.7 Å². The molecular weight excluding hydrogens is 346 g/mol. The Balaban J connectivity index is 2.12. The zero-order valence-corrected chi connectivity index (χ0v) is 12.1. The van der Waals surface area contributed by atoms with Crippen molar-refractivity contribution in [3.05, 3.63) is 33.1 Å². The van der Waals surface area contributed by atoms with Gasteiger partial charge in [-0.3, -0.25) is 4.79 Å². The summed E-state index contributed by atoms with van der Waals surface area (Å²) >= 11 is 1.98. The summed E-state index contributed by atoms with van der Waals surface area (Å²) < 4.78 is 14.3. The van der Waals surface area contributed by atoms with Crippen LogP contribution in [-0.2, 0) is 0 Å². The van der Waals surface area contributed by atoms with Crippen LogP contribution in [0.1, 0.15) is 29.6 Å². The van der Waals surface area contributed by atoms with Crippen molar-refractivity contribution in [3.8, 4) is 0 Å². The van der Waals surface area contributed by atoms with E-state index in [0.29, 0.717) is 16.0 Å². The fourth-order valence-electron chi connectivity index (χ4n) is 2.46. The maximum atomic E-state index is 13.7. The van der Waals surface area contributed by atoms with Gasteiger partial charge in [-0.15, -0.1) is 0 Å². The van der Waals surface area contributed by atoms with E-state index in [1.165, 1.54) is 6.07 Å². The summed E-state index contributed by atoms with van der Waals surface area (Å²) in [6.45, 7) is 0.569. The molecule has 0 aliphatic heterocycles. The lowest BCUT2D eigenvalue weighted by Gasteiger charge is -2.20. The molecule has 2 rings (SSSR count). The molecule has 1 aromatic rings. The minimum atomic E-state index is -0.471. The molecule has 0 bridgehead atoms. The van der Waals surface area contributed by atoms with Gasteiger partial charge in [-0.1, -0.05) is 12.5 Å². The van der Waals surface area contributed by atoms with E-state index in [0.717, 1.165) is 19.3 Å². The average molecular weight is 362 g/mol. The highest BCUT2D eigenvalue weighted by Gasteiger charge is 2.28. The molecule has 0 spiro atoms. The van der Waals surface area contributed by atoms with Crippen molar-refractivity contribution in [1.82, 2.24) is 5.32 Å². The molecule has 3 N–H and O–H groups in total. The Labute approximate surface area is 119 Å². The predicted octanol–water partition coefficient (Wildman–Crippen LogP) is 2.29. The molecule has 3 nitrogen and oxygen atoms in total. The molecule has 0 saturated heterocycles. The van der Waals surface area contributed by atoms with Crippen molar-refractivity contribution in [2.75, 3.05) is 6.54 Å². The summed E-state index contributed by atoms with van der Waals surface area (Å²) in [5.74, 6) is -0.483. The molecule has 98 valence electrons. The number of rotatable bonds is 3. The summed E-state index contributed by atoms with van der Waals surface area (Å²) in [7, 11) is 0. The van der Waals surface area contributed by atoms with Crippen LogP contribution in [0.2, 0.25) is 0 Å². The smallest absolute Gasteiger partial charge is 0.255 e. The molecule has 18 heavy (non-hydrogen) atoms. The number of benzene rings is 1. The summed E-state index contributed by atoms with van der Waals surface area (Å²) in [6, 6.07) is 4.73. The Bertz CT molecular complexity index is 432. The standard InChI is InChI=1S/C13H16FIN2O/c14-9-4-2-5-10(15)12(9)13(18)17-11-6-1-3-8(11)7-16/h2,4-5,8,11H,1,3,6-7,16H2,(H,17,18). The van der Waals surface area contributed by atoms with E-state index in [-0.39, 0.29) is 17.5 Å². The van der Waals surface area contributed by atoms with Gasteiger partial charge in [-0.2, -0.15) is 0 Å². The fraction of sp³-hybridized carbons (Fsp3) is 0.462. The van der Waals surface area contributed by atoms with Crippen LogP contribution in [0.3, 0.4) is 0 Å². The van der Waals surface area contributed by atoms with Crippen LogP contribution < -0.4 is 11.1 Å². The highest BCUT2D eigenvalue weighted by molar-refractivity contribution is 14.1. The van der Waals surface area contributed by atoms with Crippen LogP contribution in [0.25, 0.3) is 0 Å². The molecule has 1 saturated carbocycles. The lowest BCUT2D eigenvalue weighted by molar-refractivity contribution is 0.0923. The first kappa shape index (κ1) is 13.7. The molecule has 2 unspecified atom stereocenters. The van der Waals surface area contributed by atoms with E-state index in [1.807, 2.05) is 22.6 Å². The summed E-state index contributed by atoms with van der Waals surface area (Å²) in [6.07, 6.45) is 3.04. The molecule has 0 aromatic heterocycles. The van der Waals surface area contributed by atoms with Crippen molar-refractivity contribution in [2.45, 2.75) is 25.3 Å². The number of halogens is 2. The SMILES string of the molecule is NCC1CCCC1NC(=O)c1c(F)cccc1I. The number of nitrogens with two attached hydrogens (primary N) is 1. The third kappa shape index (κ3) is 2.83.